The van der Waals surface area contributed by atoms with Crippen LogP contribution in [0.5, 0.6) is 5.75 Å². The average molecular weight is 393 g/mol. The summed E-state index contributed by atoms with van der Waals surface area (Å²) in [6.45, 7) is 5.63. The molecular formula is C22H28N6O. The lowest BCUT2D eigenvalue weighted by atomic mass is 9.97. The van der Waals surface area contributed by atoms with E-state index in [4.69, 9.17) is 9.72 Å². The van der Waals surface area contributed by atoms with Gasteiger partial charge in [0, 0.05) is 42.2 Å². The molecule has 0 amide bonds. The lowest BCUT2D eigenvalue weighted by Gasteiger charge is -2.18. The van der Waals surface area contributed by atoms with Gasteiger partial charge in [-0.05, 0) is 51.1 Å². The predicted molar refractivity (Wildman–Crippen MR) is 115 cm³/mol. The Morgan fingerprint density at radius 3 is 2.97 bits per heavy atom. The molecular weight excluding hydrogens is 364 g/mol. The van der Waals surface area contributed by atoms with Crippen molar-refractivity contribution < 1.29 is 4.74 Å². The summed E-state index contributed by atoms with van der Waals surface area (Å²) in [7, 11) is 3.91. The van der Waals surface area contributed by atoms with Gasteiger partial charge in [-0.15, -0.1) is 0 Å². The van der Waals surface area contributed by atoms with Gasteiger partial charge in [0.05, 0.1) is 17.6 Å². The van der Waals surface area contributed by atoms with Crippen LogP contribution in [0.15, 0.2) is 30.7 Å². The molecule has 0 radical (unpaired) electrons. The number of rotatable bonds is 6. The summed E-state index contributed by atoms with van der Waals surface area (Å²) in [5.41, 5.74) is 6.10. The second-order valence-electron chi connectivity index (χ2n) is 7.51. The van der Waals surface area contributed by atoms with E-state index < -0.39 is 0 Å². The van der Waals surface area contributed by atoms with Crippen molar-refractivity contribution in [2.45, 2.75) is 39.2 Å². The van der Waals surface area contributed by atoms with Gasteiger partial charge in [-0.25, -0.2) is 4.98 Å². The maximum Gasteiger partial charge on any atom is 0.164 e. The van der Waals surface area contributed by atoms with E-state index in [1.54, 1.807) is 4.68 Å². The van der Waals surface area contributed by atoms with Crippen LogP contribution in [0.4, 0.5) is 11.5 Å². The number of hydrogen-bond donors (Lipinski definition) is 2. The van der Waals surface area contributed by atoms with Gasteiger partial charge in [0.25, 0.3) is 0 Å². The van der Waals surface area contributed by atoms with Crippen molar-refractivity contribution in [3.63, 3.8) is 0 Å². The fourth-order valence-corrected chi connectivity index (χ4v) is 3.90. The molecule has 0 aromatic carbocycles. The SMILES string of the molecule is CCC(CCNC)c1cc2c(c(C)n1)OCc1c(-c3cnn(C)c3)ccnc1N2. The van der Waals surface area contributed by atoms with Crippen molar-refractivity contribution in [3.8, 4) is 16.9 Å². The van der Waals surface area contributed by atoms with E-state index in [9.17, 15) is 0 Å². The third-order valence-corrected chi connectivity index (χ3v) is 5.50. The minimum absolute atomic E-state index is 0.408. The Bertz CT molecular complexity index is 1010. The number of nitrogens with zero attached hydrogens (tertiary/aromatic N) is 4. The number of hydrogen-bond acceptors (Lipinski definition) is 6. The Hall–Kier alpha value is -2.93. The Kier molecular flexibility index (Phi) is 5.49. The molecule has 1 unspecified atom stereocenters. The molecule has 1 aliphatic heterocycles. The van der Waals surface area contributed by atoms with Gasteiger partial charge < -0.3 is 15.4 Å². The first-order valence-corrected chi connectivity index (χ1v) is 10.1. The molecule has 0 fully saturated rings. The van der Waals surface area contributed by atoms with Crippen molar-refractivity contribution in [1.82, 2.24) is 25.1 Å². The second-order valence-corrected chi connectivity index (χ2v) is 7.51. The van der Waals surface area contributed by atoms with Gasteiger partial charge in [-0.2, -0.15) is 5.10 Å². The van der Waals surface area contributed by atoms with Crippen molar-refractivity contribution >= 4 is 11.5 Å². The molecule has 29 heavy (non-hydrogen) atoms. The normalized spacial score (nSPS) is 13.7. The smallest absolute Gasteiger partial charge is 0.164 e. The van der Waals surface area contributed by atoms with Gasteiger partial charge in [0.2, 0.25) is 0 Å². The highest BCUT2D eigenvalue weighted by molar-refractivity contribution is 5.76. The van der Waals surface area contributed by atoms with E-state index in [2.05, 4.69) is 33.7 Å². The topological polar surface area (TPSA) is 76.9 Å². The molecule has 0 bridgehead atoms. The van der Waals surface area contributed by atoms with Crippen molar-refractivity contribution in [2.75, 3.05) is 18.9 Å². The van der Waals surface area contributed by atoms with Crippen LogP contribution >= 0.6 is 0 Å². The molecule has 2 N–H and O–H groups in total. The number of fused-ring (bicyclic) bond motifs is 2. The molecule has 0 aliphatic carbocycles. The molecule has 7 nitrogen and oxygen atoms in total. The molecule has 3 aromatic heterocycles. The maximum absolute atomic E-state index is 6.22. The summed E-state index contributed by atoms with van der Waals surface area (Å²) < 4.78 is 8.02. The zero-order valence-corrected chi connectivity index (χ0v) is 17.5. The van der Waals surface area contributed by atoms with Crippen LogP contribution < -0.4 is 15.4 Å². The monoisotopic (exact) mass is 392 g/mol. The first kappa shape index (κ1) is 19.4. The number of anilines is 2. The summed E-state index contributed by atoms with van der Waals surface area (Å²) in [6.07, 6.45) is 7.81. The van der Waals surface area contributed by atoms with Crippen LogP contribution in [-0.2, 0) is 13.7 Å². The summed E-state index contributed by atoms with van der Waals surface area (Å²) in [4.78, 5) is 9.47. The highest BCUT2D eigenvalue weighted by atomic mass is 16.5. The molecule has 1 atom stereocenters. The van der Waals surface area contributed by atoms with Crippen LogP contribution in [-0.4, -0.2) is 33.3 Å². The summed E-state index contributed by atoms with van der Waals surface area (Å²) >= 11 is 0. The van der Waals surface area contributed by atoms with Gasteiger partial charge in [-0.1, -0.05) is 6.92 Å². The average Bonchev–Trinajstić information content (AvgIpc) is 3.04. The lowest BCUT2D eigenvalue weighted by Crippen LogP contribution is -2.13. The summed E-state index contributed by atoms with van der Waals surface area (Å²) in [6, 6.07) is 4.14. The molecule has 3 aromatic rings. The van der Waals surface area contributed by atoms with E-state index in [0.29, 0.717) is 12.5 Å². The van der Waals surface area contributed by atoms with E-state index in [1.807, 2.05) is 45.7 Å². The number of aryl methyl sites for hydroxylation is 2. The van der Waals surface area contributed by atoms with Crippen LogP contribution in [0.25, 0.3) is 11.1 Å². The molecule has 4 rings (SSSR count). The molecule has 4 heterocycles. The van der Waals surface area contributed by atoms with E-state index in [-0.39, 0.29) is 0 Å². The van der Waals surface area contributed by atoms with Crippen molar-refractivity contribution in [3.05, 3.63) is 47.7 Å². The van der Waals surface area contributed by atoms with Crippen LogP contribution in [0, 0.1) is 6.92 Å². The minimum Gasteiger partial charge on any atom is -0.485 e. The Morgan fingerprint density at radius 2 is 2.24 bits per heavy atom. The lowest BCUT2D eigenvalue weighted by molar-refractivity contribution is 0.307. The Labute approximate surface area is 171 Å². The van der Waals surface area contributed by atoms with E-state index in [0.717, 1.165) is 64.7 Å². The van der Waals surface area contributed by atoms with Crippen LogP contribution in [0.1, 0.15) is 42.6 Å². The Morgan fingerprint density at radius 1 is 1.38 bits per heavy atom. The quantitative estimate of drug-likeness (QED) is 0.662. The highest BCUT2D eigenvalue weighted by Gasteiger charge is 2.23. The summed E-state index contributed by atoms with van der Waals surface area (Å²) in [5, 5.41) is 11.1. The van der Waals surface area contributed by atoms with Gasteiger partial charge in [0.15, 0.2) is 5.75 Å². The molecule has 0 saturated carbocycles. The first-order chi connectivity index (χ1) is 14.1. The van der Waals surface area contributed by atoms with Crippen molar-refractivity contribution in [1.29, 1.82) is 0 Å². The molecule has 0 spiro atoms. The van der Waals surface area contributed by atoms with Crippen LogP contribution in [0.2, 0.25) is 0 Å². The summed E-state index contributed by atoms with van der Waals surface area (Å²) in [5.74, 6) is 2.03. The zero-order valence-electron chi connectivity index (χ0n) is 17.5. The first-order valence-electron chi connectivity index (χ1n) is 10.1. The fourth-order valence-electron chi connectivity index (χ4n) is 3.90. The number of ether oxygens (including phenoxy) is 1. The number of pyridine rings is 2. The fraction of sp³-hybridized carbons (Fsp3) is 0.409. The highest BCUT2D eigenvalue weighted by Crippen LogP contribution is 2.39. The molecule has 0 saturated heterocycles. The number of nitrogens with one attached hydrogen (secondary N) is 2. The second kappa shape index (κ2) is 8.21. The maximum atomic E-state index is 6.22. The minimum atomic E-state index is 0.408. The van der Waals surface area contributed by atoms with Gasteiger partial charge >= 0.3 is 0 Å². The van der Waals surface area contributed by atoms with Crippen LogP contribution in [0.3, 0.4) is 0 Å². The largest absolute Gasteiger partial charge is 0.485 e. The van der Waals surface area contributed by atoms with Gasteiger partial charge in [-0.3, -0.25) is 9.67 Å². The standard InChI is InChI=1S/C22H28N6O/c1-5-15(6-8-23-3)19-10-20-21(14(2)26-19)29-13-18-17(7-9-24-22(18)27-20)16-11-25-28(4)12-16/h7,9-12,15,23H,5-6,8,13H2,1-4H3,(H,24,27). The predicted octanol–water partition coefficient (Wildman–Crippen LogP) is 3.92. The zero-order chi connectivity index (χ0) is 20.4. The number of aromatic nitrogens is 4. The molecule has 1 aliphatic rings. The Balaban J connectivity index is 1.72. The van der Waals surface area contributed by atoms with Crippen molar-refractivity contribution in [2.24, 2.45) is 7.05 Å². The molecule has 152 valence electrons. The van der Waals surface area contributed by atoms with Gasteiger partial charge in [0.1, 0.15) is 12.4 Å². The third-order valence-electron chi connectivity index (χ3n) is 5.50. The molecule has 7 heteroatoms. The third kappa shape index (κ3) is 3.82. The van der Waals surface area contributed by atoms with E-state index in [1.165, 1.54) is 0 Å². The van der Waals surface area contributed by atoms with E-state index >= 15 is 0 Å².